The van der Waals surface area contributed by atoms with Crippen LogP contribution >= 0.6 is 0 Å². The van der Waals surface area contributed by atoms with Crippen LogP contribution in [0.25, 0.3) is 0 Å². The highest BCUT2D eigenvalue weighted by molar-refractivity contribution is 5.91. The van der Waals surface area contributed by atoms with E-state index < -0.39 is 0 Å². The Morgan fingerprint density at radius 1 is 1.14 bits per heavy atom. The van der Waals surface area contributed by atoms with Crippen molar-refractivity contribution in [2.75, 3.05) is 6.54 Å². The largest absolute Gasteiger partial charge is 0.351 e. The zero-order valence-corrected chi connectivity index (χ0v) is 12.4. The van der Waals surface area contributed by atoms with Gasteiger partial charge in [0.2, 0.25) is 0 Å². The minimum absolute atomic E-state index is 0.0900. The first-order valence-corrected chi connectivity index (χ1v) is 8.27. The highest BCUT2D eigenvalue weighted by Gasteiger charge is 2.50. The fraction of sp³-hybridized carbons (Fsp3) is 0.706. The molecule has 0 aliphatic heterocycles. The Morgan fingerprint density at radius 3 is 2.38 bits per heavy atom. The first kappa shape index (κ1) is 13.2. The molecule has 4 saturated carbocycles. The molecule has 4 heteroatoms. The van der Waals surface area contributed by atoms with Crippen LogP contribution in [0.15, 0.2) is 18.6 Å². The zero-order chi connectivity index (χ0) is 14.3. The summed E-state index contributed by atoms with van der Waals surface area (Å²) in [5, 5.41) is 3.03. The summed E-state index contributed by atoms with van der Waals surface area (Å²) < 4.78 is 0. The second-order valence-corrected chi connectivity index (χ2v) is 7.51. The number of amides is 1. The number of hydrogen-bond donors (Lipinski definition) is 1. The second kappa shape index (κ2) is 5.08. The van der Waals surface area contributed by atoms with E-state index in [0.29, 0.717) is 11.1 Å². The van der Waals surface area contributed by atoms with Crippen LogP contribution in [0.2, 0.25) is 0 Å². The number of rotatable bonds is 4. The first-order chi connectivity index (χ1) is 10.2. The molecule has 4 aliphatic carbocycles. The molecule has 5 rings (SSSR count). The first-order valence-electron chi connectivity index (χ1n) is 8.27. The monoisotopic (exact) mass is 285 g/mol. The van der Waals surface area contributed by atoms with Crippen molar-refractivity contribution >= 4 is 5.91 Å². The minimum atomic E-state index is -0.0900. The fourth-order valence-electron chi connectivity index (χ4n) is 5.54. The van der Waals surface area contributed by atoms with Crippen LogP contribution in [0.5, 0.6) is 0 Å². The van der Waals surface area contributed by atoms with Crippen molar-refractivity contribution in [3.05, 3.63) is 24.3 Å². The van der Waals surface area contributed by atoms with Gasteiger partial charge < -0.3 is 5.32 Å². The highest BCUT2D eigenvalue weighted by Crippen LogP contribution is 2.61. The summed E-state index contributed by atoms with van der Waals surface area (Å²) in [7, 11) is 0. The number of hydrogen-bond acceptors (Lipinski definition) is 3. The molecule has 112 valence electrons. The molecule has 1 amide bonds. The molecule has 4 bridgehead atoms. The Morgan fingerprint density at radius 2 is 1.81 bits per heavy atom. The molecular weight excluding hydrogens is 262 g/mol. The average Bonchev–Trinajstić information content (AvgIpc) is 2.46. The van der Waals surface area contributed by atoms with Gasteiger partial charge in [0.05, 0.1) is 6.20 Å². The van der Waals surface area contributed by atoms with Gasteiger partial charge >= 0.3 is 0 Å². The number of nitrogens with one attached hydrogen (secondary N) is 1. The summed E-state index contributed by atoms with van der Waals surface area (Å²) in [5.74, 6) is 2.85. The summed E-state index contributed by atoms with van der Waals surface area (Å²) in [6.07, 6.45) is 14.5. The van der Waals surface area contributed by atoms with Gasteiger partial charge in [0.1, 0.15) is 5.69 Å². The maximum atomic E-state index is 12.0. The van der Waals surface area contributed by atoms with Crippen molar-refractivity contribution in [2.45, 2.75) is 44.9 Å². The van der Waals surface area contributed by atoms with E-state index >= 15 is 0 Å². The fourth-order valence-corrected chi connectivity index (χ4v) is 5.54. The summed E-state index contributed by atoms with van der Waals surface area (Å²) in [4.78, 5) is 20.0. The predicted molar refractivity (Wildman–Crippen MR) is 79.6 cm³/mol. The molecule has 1 aromatic heterocycles. The molecule has 1 aromatic rings. The van der Waals surface area contributed by atoms with E-state index in [2.05, 4.69) is 15.3 Å². The van der Waals surface area contributed by atoms with Crippen LogP contribution in [0.4, 0.5) is 0 Å². The third-order valence-corrected chi connectivity index (χ3v) is 5.90. The van der Waals surface area contributed by atoms with Gasteiger partial charge in [-0.15, -0.1) is 0 Å². The minimum Gasteiger partial charge on any atom is -0.351 e. The molecule has 0 spiro atoms. The van der Waals surface area contributed by atoms with Gasteiger partial charge in [0.25, 0.3) is 5.91 Å². The lowest BCUT2D eigenvalue weighted by atomic mass is 9.49. The summed E-state index contributed by atoms with van der Waals surface area (Å²) >= 11 is 0. The zero-order valence-electron chi connectivity index (χ0n) is 12.4. The third-order valence-electron chi connectivity index (χ3n) is 5.90. The molecule has 0 unspecified atom stereocenters. The van der Waals surface area contributed by atoms with Gasteiger partial charge in [0.15, 0.2) is 0 Å². The van der Waals surface area contributed by atoms with E-state index in [4.69, 9.17) is 0 Å². The van der Waals surface area contributed by atoms with Crippen molar-refractivity contribution in [3.8, 4) is 0 Å². The van der Waals surface area contributed by atoms with Crippen molar-refractivity contribution in [3.63, 3.8) is 0 Å². The summed E-state index contributed by atoms with van der Waals surface area (Å²) in [5.41, 5.74) is 0.952. The number of nitrogens with zero attached hydrogens (tertiary/aromatic N) is 2. The third kappa shape index (κ3) is 2.56. The van der Waals surface area contributed by atoms with E-state index in [1.165, 1.54) is 44.7 Å². The lowest BCUT2D eigenvalue weighted by molar-refractivity contribution is -0.0564. The van der Waals surface area contributed by atoms with Gasteiger partial charge in [-0.05, 0) is 68.1 Å². The lowest BCUT2D eigenvalue weighted by Crippen LogP contribution is -2.47. The standard InChI is InChI=1S/C17H23N3O/c21-16(15-11-18-3-4-19-15)20-2-1-17-8-12-5-13(9-17)7-14(6-12)10-17/h3-4,11-14H,1-2,5-10H2,(H,20,21). The Kier molecular flexibility index (Phi) is 3.20. The van der Waals surface area contributed by atoms with Crippen LogP contribution in [0, 0.1) is 23.2 Å². The smallest absolute Gasteiger partial charge is 0.271 e. The molecule has 4 nitrogen and oxygen atoms in total. The van der Waals surface area contributed by atoms with Crippen molar-refractivity contribution in [1.82, 2.24) is 15.3 Å². The van der Waals surface area contributed by atoms with Crippen LogP contribution in [0.3, 0.4) is 0 Å². The van der Waals surface area contributed by atoms with E-state index in [9.17, 15) is 4.79 Å². The predicted octanol–water partition coefficient (Wildman–Crippen LogP) is 2.81. The van der Waals surface area contributed by atoms with Crippen LogP contribution in [-0.2, 0) is 0 Å². The van der Waals surface area contributed by atoms with Gasteiger partial charge in [-0.25, -0.2) is 4.98 Å². The SMILES string of the molecule is O=C(NCCC12CC3CC(CC(C3)C1)C2)c1cnccn1. The molecule has 21 heavy (non-hydrogen) atoms. The quantitative estimate of drug-likeness (QED) is 0.925. The Balaban J connectivity index is 1.34. The molecular formula is C17H23N3O. The Hall–Kier alpha value is -1.45. The molecule has 0 saturated heterocycles. The molecule has 4 aliphatic rings. The highest BCUT2D eigenvalue weighted by atomic mass is 16.1. The molecule has 4 fully saturated rings. The van der Waals surface area contributed by atoms with Gasteiger partial charge in [-0.3, -0.25) is 9.78 Å². The van der Waals surface area contributed by atoms with E-state index in [-0.39, 0.29) is 5.91 Å². The van der Waals surface area contributed by atoms with Crippen molar-refractivity contribution in [2.24, 2.45) is 23.2 Å². The van der Waals surface area contributed by atoms with E-state index in [0.717, 1.165) is 30.7 Å². The second-order valence-electron chi connectivity index (χ2n) is 7.51. The van der Waals surface area contributed by atoms with E-state index in [1.54, 1.807) is 12.4 Å². The number of carbonyl (C=O) groups is 1. The van der Waals surface area contributed by atoms with E-state index in [1.807, 2.05) is 0 Å². The van der Waals surface area contributed by atoms with Crippen LogP contribution in [0.1, 0.15) is 55.4 Å². The maximum Gasteiger partial charge on any atom is 0.271 e. The number of carbonyl (C=O) groups excluding carboxylic acids is 1. The number of aromatic nitrogens is 2. The summed E-state index contributed by atoms with van der Waals surface area (Å²) in [6, 6.07) is 0. The van der Waals surface area contributed by atoms with Gasteiger partial charge in [-0.1, -0.05) is 0 Å². The molecule has 0 aromatic carbocycles. The van der Waals surface area contributed by atoms with Gasteiger partial charge in [-0.2, -0.15) is 0 Å². The Labute approximate surface area is 125 Å². The maximum absolute atomic E-state index is 12.0. The van der Waals surface area contributed by atoms with Crippen LogP contribution in [-0.4, -0.2) is 22.4 Å². The summed E-state index contributed by atoms with van der Waals surface area (Å²) in [6.45, 7) is 0.779. The lowest BCUT2D eigenvalue weighted by Gasteiger charge is -2.57. The molecule has 0 atom stereocenters. The molecule has 1 heterocycles. The topological polar surface area (TPSA) is 54.9 Å². The molecule has 0 radical (unpaired) electrons. The van der Waals surface area contributed by atoms with Crippen molar-refractivity contribution in [1.29, 1.82) is 0 Å². The normalized spacial score (nSPS) is 36.7. The molecule has 1 N–H and O–H groups in total. The van der Waals surface area contributed by atoms with Crippen molar-refractivity contribution < 1.29 is 4.79 Å². The average molecular weight is 285 g/mol. The van der Waals surface area contributed by atoms with Gasteiger partial charge in [0, 0.05) is 18.9 Å². The Bertz CT molecular complexity index is 493. The van der Waals surface area contributed by atoms with Crippen LogP contribution < -0.4 is 5.32 Å².